The van der Waals surface area contributed by atoms with Crippen LogP contribution in [-0.4, -0.2) is 127 Å². The Labute approximate surface area is 386 Å². The SMILES string of the molecule is CO[C@H]1C[C@@H]2CC[C@@H](C)C(F)(O2)C(=O)C(=O)N2CCCC[C@H]2C(=O)OC([C@H](C)CC2CC[C@@H](O)[C@H](OC)C2)CC(=O)[C@H](C)/C=C(\C)[C@@H](O)[C@@H](OC)C(=O)[C@H](C)C[C@H](C)/C=C/C=CC=C1C. The molecule has 2 saturated heterocycles. The Kier molecular flexibility index (Phi) is 20.9. The molecule has 4 rings (SSSR count). The molecule has 2 N–H and O–H groups in total. The zero-order valence-electron chi connectivity index (χ0n) is 40.5. The molecular weight excluding hydrogens is 838 g/mol. The highest BCUT2D eigenvalue weighted by Crippen LogP contribution is 2.40. The number of aliphatic hydroxyl groups is 2. The van der Waals surface area contributed by atoms with Gasteiger partial charge in [-0.2, -0.15) is 0 Å². The van der Waals surface area contributed by atoms with Crippen molar-refractivity contribution in [3.05, 3.63) is 47.6 Å². The monoisotopic (exact) mass is 916 g/mol. The minimum atomic E-state index is -2.93. The number of amides is 1. The summed E-state index contributed by atoms with van der Waals surface area (Å²) in [6.07, 6.45) is 10.3. The van der Waals surface area contributed by atoms with E-state index >= 15 is 4.39 Å². The van der Waals surface area contributed by atoms with Crippen molar-refractivity contribution in [3.8, 4) is 0 Å². The average Bonchev–Trinajstić information content (AvgIpc) is 3.28. The van der Waals surface area contributed by atoms with Gasteiger partial charge in [0.2, 0.25) is 0 Å². The number of carbonyl (C=O) groups excluding carboxylic acids is 5. The lowest BCUT2D eigenvalue weighted by atomic mass is 9.78. The Morgan fingerprint density at radius 3 is 2.26 bits per heavy atom. The summed E-state index contributed by atoms with van der Waals surface area (Å²) in [4.78, 5) is 71.4. The number of ketones is 3. The number of esters is 1. The van der Waals surface area contributed by atoms with Crippen LogP contribution in [0.4, 0.5) is 4.39 Å². The number of alkyl halides is 1. The average molecular weight is 916 g/mol. The summed E-state index contributed by atoms with van der Waals surface area (Å²) in [6.45, 7) is 12.5. The lowest BCUT2D eigenvalue weighted by Gasteiger charge is -2.41. The second-order valence-electron chi connectivity index (χ2n) is 19.5. The Balaban J connectivity index is 1.70. The summed E-state index contributed by atoms with van der Waals surface area (Å²) in [7, 11) is 4.47. The van der Waals surface area contributed by atoms with Gasteiger partial charge in [0.15, 0.2) is 5.78 Å². The molecule has 3 aliphatic heterocycles. The number of allylic oxidation sites excluding steroid dienone is 6. The molecule has 65 heavy (non-hydrogen) atoms. The fraction of sp³-hybridized carbons (Fsp3) is 0.745. The molecule has 0 aromatic rings. The van der Waals surface area contributed by atoms with Crippen LogP contribution in [-0.2, 0) is 47.7 Å². The van der Waals surface area contributed by atoms with Gasteiger partial charge in [0.25, 0.3) is 17.5 Å². The molecule has 0 aromatic carbocycles. The first kappa shape index (κ1) is 54.2. The first-order valence-corrected chi connectivity index (χ1v) is 23.9. The van der Waals surface area contributed by atoms with Gasteiger partial charge in [-0.1, -0.05) is 71.1 Å². The molecule has 3 unspecified atom stereocenters. The topological polar surface area (TPSA) is 175 Å². The van der Waals surface area contributed by atoms with Crippen LogP contribution in [0.5, 0.6) is 0 Å². The summed E-state index contributed by atoms with van der Waals surface area (Å²) in [5, 5.41) is 21.9. The van der Waals surface area contributed by atoms with Crippen LogP contribution in [0.25, 0.3) is 0 Å². The molecule has 0 aromatic heterocycles. The van der Waals surface area contributed by atoms with Crippen LogP contribution in [0.15, 0.2) is 47.6 Å². The first-order chi connectivity index (χ1) is 30.7. The van der Waals surface area contributed by atoms with E-state index in [1.807, 2.05) is 51.2 Å². The Morgan fingerprint density at radius 2 is 1.58 bits per heavy atom. The second-order valence-corrected chi connectivity index (χ2v) is 19.5. The Morgan fingerprint density at radius 1 is 0.862 bits per heavy atom. The standard InChI is InChI=1S/C51H78FNO12/c1-30-16-12-11-13-17-31(2)42(61-8)28-38-21-19-36(7)51(52,65-38)48(58)49(59)53-23-15-14-18-39(53)50(60)64-43(33(4)26-37-20-22-40(54)44(27-37)62-9)29-41(55)32(3)25-35(6)46(57)47(63-10)45(56)34(5)24-30/h11-13,16-17,25,30,32-34,36-40,42-44,46-47,54,57H,14-15,18-24,26-29H2,1-10H3/b13-11?,16-12+,31-17?,35-25+/t30-,32-,33-,34-,36-,37?,38+,39+,40-,42+,43?,44-,46-,47+,51?/m1/s1. The van der Waals surface area contributed by atoms with Crippen LogP contribution in [0.3, 0.4) is 0 Å². The van der Waals surface area contributed by atoms with Crippen LogP contribution >= 0.6 is 0 Å². The van der Waals surface area contributed by atoms with Gasteiger partial charge >= 0.3 is 5.97 Å². The maximum Gasteiger partial charge on any atom is 0.329 e. The minimum absolute atomic E-state index is 0.00748. The predicted octanol–water partition coefficient (Wildman–Crippen LogP) is 7.16. The quantitative estimate of drug-likeness (QED) is 0.157. The summed E-state index contributed by atoms with van der Waals surface area (Å²) in [5.41, 5.74) is 1.22. The molecule has 2 bridgehead atoms. The lowest BCUT2D eigenvalue weighted by molar-refractivity contribution is -0.231. The summed E-state index contributed by atoms with van der Waals surface area (Å²) >= 11 is 0. The van der Waals surface area contributed by atoms with E-state index in [2.05, 4.69) is 0 Å². The van der Waals surface area contributed by atoms with Gasteiger partial charge in [-0.25, -0.2) is 9.18 Å². The van der Waals surface area contributed by atoms with Crippen LogP contribution in [0, 0.1) is 35.5 Å². The van der Waals surface area contributed by atoms with E-state index in [0.29, 0.717) is 56.9 Å². The molecule has 3 heterocycles. The number of halogens is 1. The van der Waals surface area contributed by atoms with Gasteiger partial charge in [0, 0.05) is 58.5 Å². The van der Waals surface area contributed by atoms with Crippen LogP contribution < -0.4 is 0 Å². The number of Topliss-reactive ketones (excluding diaryl/α,β-unsaturated/α-hetero) is 3. The van der Waals surface area contributed by atoms with Gasteiger partial charge in [-0.15, -0.1) is 0 Å². The Hall–Kier alpha value is -3.40. The molecule has 1 amide bonds. The van der Waals surface area contributed by atoms with E-state index in [1.54, 1.807) is 48.0 Å². The normalized spacial score (nSPS) is 39.1. The second kappa shape index (κ2) is 25.1. The number of fused-ring (bicyclic) bond motifs is 3. The van der Waals surface area contributed by atoms with Gasteiger partial charge in [0.1, 0.15) is 30.1 Å². The largest absolute Gasteiger partial charge is 0.460 e. The minimum Gasteiger partial charge on any atom is -0.460 e. The van der Waals surface area contributed by atoms with Crippen molar-refractivity contribution in [3.63, 3.8) is 0 Å². The fourth-order valence-corrected chi connectivity index (χ4v) is 10.1. The number of methoxy groups -OCH3 is 3. The fourth-order valence-electron chi connectivity index (χ4n) is 10.1. The number of aliphatic hydroxyl groups excluding tert-OH is 2. The van der Waals surface area contributed by atoms with Crippen molar-refractivity contribution < 1.29 is 62.3 Å². The van der Waals surface area contributed by atoms with E-state index in [9.17, 15) is 34.2 Å². The molecule has 366 valence electrons. The third kappa shape index (κ3) is 14.3. The molecule has 15 atom stereocenters. The van der Waals surface area contributed by atoms with Crippen molar-refractivity contribution in [2.24, 2.45) is 35.5 Å². The van der Waals surface area contributed by atoms with E-state index in [4.69, 9.17) is 23.7 Å². The maximum atomic E-state index is 17.1. The molecule has 1 saturated carbocycles. The summed E-state index contributed by atoms with van der Waals surface area (Å²) in [5.74, 6) is -9.16. The number of piperidine rings is 1. The summed E-state index contributed by atoms with van der Waals surface area (Å²) < 4.78 is 46.1. The molecular formula is C51H78FNO12. The van der Waals surface area contributed by atoms with Gasteiger partial charge in [0.05, 0.1) is 24.4 Å². The van der Waals surface area contributed by atoms with Crippen molar-refractivity contribution in [2.45, 2.75) is 180 Å². The highest BCUT2D eigenvalue weighted by Gasteiger charge is 2.55. The number of cyclic esters (lactones) is 1. The van der Waals surface area contributed by atoms with Crippen molar-refractivity contribution in [1.82, 2.24) is 4.90 Å². The van der Waals surface area contributed by atoms with Crippen molar-refractivity contribution >= 4 is 29.2 Å². The molecule has 13 nitrogen and oxygen atoms in total. The van der Waals surface area contributed by atoms with Gasteiger partial charge < -0.3 is 38.8 Å². The van der Waals surface area contributed by atoms with Crippen molar-refractivity contribution in [1.29, 1.82) is 0 Å². The number of ether oxygens (including phenoxy) is 5. The van der Waals surface area contributed by atoms with Gasteiger partial charge in [-0.3, -0.25) is 19.2 Å². The third-order valence-electron chi connectivity index (χ3n) is 14.4. The summed E-state index contributed by atoms with van der Waals surface area (Å²) in [6, 6.07) is -1.20. The van der Waals surface area contributed by atoms with Gasteiger partial charge in [-0.05, 0) is 107 Å². The first-order valence-electron chi connectivity index (χ1n) is 23.9. The van der Waals surface area contributed by atoms with E-state index in [0.717, 1.165) is 10.5 Å². The molecule has 1 aliphatic carbocycles. The van der Waals surface area contributed by atoms with Crippen LogP contribution in [0.1, 0.15) is 126 Å². The predicted molar refractivity (Wildman–Crippen MR) is 244 cm³/mol. The Bertz CT molecular complexity index is 1760. The highest BCUT2D eigenvalue weighted by molar-refractivity contribution is 6.39. The zero-order chi connectivity index (χ0) is 48.2. The number of nitrogens with zero attached hydrogens (tertiary/aromatic N) is 1. The molecule has 14 heteroatoms. The lowest BCUT2D eigenvalue weighted by Crippen LogP contribution is -2.59. The molecule has 3 fully saturated rings. The molecule has 0 radical (unpaired) electrons. The zero-order valence-corrected chi connectivity index (χ0v) is 40.5. The van der Waals surface area contributed by atoms with E-state index < -0.39 is 83.9 Å². The maximum absolute atomic E-state index is 17.1. The molecule has 0 spiro atoms. The third-order valence-corrected chi connectivity index (χ3v) is 14.4. The highest BCUT2D eigenvalue weighted by atomic mass is 19.2. The number of carbonyl (C=O) groups is 5. The van der Waals surface area contributed by atoms with Crippen LogP contribution in [0.2, 0.25) is 0 Å². The van der Waals surface area contributed by atoms with Crippen molar-refractivity contribution in [2.75, 3.05) is 27.9 Å². The smallest absolute Gasteiger partial charge is 0.329 e. The number of hydrogen-bond acceptors (Lipinski definition) is 12. The van der Waals surface area contributed by atoms with E-state index in [-0.39, 0.29) is 67.7 Å². The number of hydrogen-bond donors (Lipinski definition) is 2. The number of rotatable bonds is 6. The van der Waals surface area contributed by atoms with E-state index in [1.165, 1.54) is 7.11 Å². The molecule has 4 aliphatic rings.